The van der Waals surface area contributed by atoms with Crippen LogP contribution in [-0.2, 0) is 7.05 Å². The molecule has 0 aliphatic carbocycles. The van der Waals surface area contributed by atoms with Crippen LogP contribution in [0.2, 0.25) is 0 Å². The van der Waals surface area contributed by atoms with Crippen LogP contribution < -0.4 is 5.56 Å². The summed E-state index contributed by atoms with van der Waals surface area (Å²) in [4.78, 5) is 11.6. The van der Waals surface area contributed by atoms with Crippen LogP contribution in [0.4, 0.5) is 0 Å². The largest absolute Gasteiger partial charge is 0.303 e. The van der Waals surface area contributed by atoms with Crippen molar-refractivity contribution in [3.63, 3.8) is 0 Å². The summed E-state index contributed by atoms with van der Waals surface area (Å²) in [6.45, 7) is 3.99. The van der Waals surface area contributed by atoms with Crippen LogP contribution in [0.15, 0.2) is 23.1 Å². The van der Waals surface area contributed by atoms with Crippen LogP contribution in [0.5, 0.6) is 0 Å². The summed E-state index contributed by atoms with van der Waals surface area (Å²) in [6.07, 6.45) is 1.73. The first-order chi connectivity index (χ1) is 6.61. The average Bonchev–Trinajstić information content (AvgIpc) is 2.47. The molecule has 14 heavy (non-hydrogen) atoms. The summed E-state index contributed by atoms with van der Waals surface area (Å²) >= 11 is 0. The average molecular weight is 191 g/mol. The molecule has 0 atom stereocenters. The van der Waals surface area contributed by atoms with Gasteiger partial charge in [0.2, 0.25) is 0 Å². The maximum absolute atomic E-state index is 11.6. The first kappa shape index (κ1) is 8.99. The fourth-order valence-electron chi connectivity index (χ4n) is 1.70. The number of fused-ring (bicyclic) bond motifs is 1. The van der Waals surface area contributed by atoms with Gasteiger partial charge in [-0.1, -0.05) is 0 Å². The van der Waals surface area contributed by atoms with Crippen molar-refractivity contribution >= 4 is 11.0 Å². The number of hydrogen-bond acceptors (Lipinski definition) is 2. The topological polar surface area (TPSA) is 39.8 Å². The number of aryl methyl sites for hydroxylation is 1. The van der Waals surface area contributed by atoms with Gasteiger partial charge >= 0.3 is 0 Å². The van der Waals surface area contributed by atoms with Crippen LogP contribution in [0, 0.1) is 0 Å². The molecule has 0 saturated heterocycles. The summed E-state index contributed by atoms with van der Waals surface area (Å²) in [7, 11) is 1.87. The first-order valence-corrected chi connectivity index (χ1v) is 4.64. The molecule has 0 amide bonds. The zero-order chi connectivity index (χ0) is 10.3. The van der Waals surface area contributed by atoms with Gasteiger partial charge in [0.15, 0.2) is 0 Å². The molecule has 2 aromatic rings. The molecule has 4 nitrogen and oxygen atoms in total. The van der Waals surface area contributed by atoms with E-state index in [4.69, 9.17) is 0 Å². The third-order valence-corrected chi connectivity index (χ3v) is 2.36. The molecule has 0 spiro atoms. The Kier molecular flexibility index (Phi) is 1.91. The Balaban J connectivity index is 2.91. The van der Waals surface area contributed by atoms with E-state index >= 15 is 0 Å². The fraction of sp³-hybridized carbons (Fsp3) is 0.400. The summed E-state index contributed by atoms with van der Waals surface area (Å²) < 4.78 is 3.52. The minimum Gasteiger partial charge on any atom is -0.303 e. The molecule has 0 aliphatic rings. The van der Waals surface area contributed by atoms with Crippen LogP contribution in [-0.4, -0.2) is 14.3 Å². The zero-order valence-electron chi connectivity index (χ0n) is 8.56. The number of nitrogens with zero attached hydrogens (tertiary/aromatic N) is 3. The maximum atomic E-state index is 11.6. The predicted molar refractivity (Wildman–Crippen MR) is 55.4 cm³/mol. The molecule has 2 aromatic heterocycles. The third-order valence-electron chi connectivity index (χ3n) is 2.36. The molecule has 2 rings (SSSR count). The number of aromatic nitrogens is 3. The van der Waals surface area contributed by atoms with Crippen molar-refractivity contribution in [2.24, 2.45) is 7.05 Å². The fourth-order valence-corrected chi connectivity index (χ4v) is 1.70. The quantitative estimate of drug-likeness (QED) is 0.682. The predicted octanol–water partition coefficient (Wildman–Crippen LogP) is 1.32. The van der Waals surface area contributed by atoms with Crippen LogP contribution in [0.25, 0.3) is 11.0 Å². The van der Waals surface area contributed by atoms with Crippen LogP contribution in [0.3, 0.4) is 0 Å². The van der Waals surface area contributed by atoms with Crippen LogP contribution in [0.1, 0.15) is 19.9 Å². The lowest BCUT2D eigenvalue weighted by Gasteiger charge is -2.10. The van der Waals surface area contributed by atoms with Gasteiger partial charge in [-0.25, -0.2) is 0 Å². The molecule has 0 aliphatic heterocycles. The standard InChI is InChI=1S/C10H13N3O/c1-7(2)13-9-6-11-12(3)8(9)4-5-10(13)14/h4-7H,1-3H3. The van der Waals surface area contributed by atoms with Gasteiger partial charge < -0.3 is 4.57 Å². The van der Waals surface area contributed by atoms with Gasteiger partial charge in [0.25, 0.3) is 5.56 Å². The maximum Gasteiger partial charge on any atom is 0.251 e. The molecule has 0 bridgehead atoms. The molecule has 0 N–H and O–H groups in total. The Morgan fingerprint density at radius 3 is 2.64 bits per heavy atom. The van der Waals surface area contributed by atoms with E-state index in [1.54, 1.807) is 21.5 Å². The Labute approximate surface area is 81.8 Å². The van der Waals surface area contributed by atoms with Gasteiger partial charge in [0.1, 0.15) is 0 Å². The molecular formula is C10H13N3O. The lowest BCUT2D eigenvalue weighted by atomic mass is 10.3. The van der Waals surface area contributed by atoms with E-state index in [2.05, 4.69) is 5.10 Å². The van der Waals surface area contributed by atoms with Crippen molar-refractivity contribution in [2.75, 3.05) is 0 Å². The van der Waals surface area contributed by atoms with Gasteiger partial charge in [0.05, 0.1) is 17.2 Å². The third kappa shape index (κ3) is 1.14. The summed E-state index contributed by atoms with van der Waals surface area (Å²) in [5.74, 6) is 0. The first-order valence-electron chi connectivity index (χ1n) is 4.64. The van der Waals surface area contributed by atoms with E-state index in [-0.39, 0.29) is 11.6 Å². The Morgan fingerprint density at radius 1 is 1.29 bits per heavy atom. The van der Waals surface area contributed by atoms with Crippen molar-refractivity contribution in [3.05, 3.63) is 28.7 Å². The minimum atomic E-state index is 0.0282. The van der Waals surface area contributed by atoms with E-state index in [0.29, 0.717) is 0 Å². The van der Waals surface area contributed by atoms with Gasteiger partial charge in [0, 0.05) is 19.2 Å². The number of pyridine rings is 1. The highest BCUT2D eigenvalue weighted by Gasteiger charge is 2.08. The van der Waals surface area contributed by atoms with Crippen molar-refractivity contribution in [1.82, 2.24) is 14.3 Å². The van der Waals surface area contributed by atoms with E-state index in [1.807, 2.05) is 27.0 Å². The van der Waals surface area contributed by atoms with E-state index in [1.165, 1.54) is 0 Å². The van der Waals surface area contributed by atoms with Crippen molar-refractivity contribution < 1.29 is 0 Å². The Bertz CT molecular complexity index is 522. The lowest BCUT2D eigenvalue weighted by Crippen LogP contribution is -2.20. The Hall–Kier alpha value is -1.58. The highest BCUT2D eigenvalue weighted by molar-refractivity contribution is 5.74. The van der Waals surface area contributed by atoms with Gasteiger partial charge in [-0.15, -0.1) is 0 Å². The molecular weight excluding hydrogens is 178 g/mol. The Morgan fingerprint density at radius 2 is 2.00 bits per heavy atom. The normalized spacial score (nSPS) is 11.4. The lowest BCUT2D eigenvalue weighted by molar-refractivity contribution is 0.600. The second kappa shape index (κ2) is 2.97. The number of rotatable bonds is 1. The smallest absolute Gasteiger partial charge is 0.251 e. The molecule has 0 fully saturated rings. The molecule has 4 heteroatoms. The van der Waals surface area contributed by atoms with E-state index < -0.39 is 0 Å². The molecule has 0 unspecified atom stereocenters. The second-order valence-corrected chi connectivity index (χ2v) is 3.67. The number of hydrogen-bond donors (Lipinski definition) is 0. The van der Waals surface area contributed by atoms with E-state index in [9.17, 15) is 4.79 Å². The summed E-state index contributed by atoms with van der Waals surface area (Å²) in [6, 6.07) is 3.56. The summed E-state index contributed by atoms with van der Waals surface area (Å²) in [5, 5.41) is 4.14. The molecule has 0 aromatic carbocycles. The van der Waals surface area contributed by atoms with Crippen LogP contribution >= 0.6 is 0 Å². The van der Waals surface area contributed by atoms with Crippen molar-refractivity contribution in [1.29, 1.82) is 0 Å². The highest BCUT2D eigenvalue weighted by atomic mass is 16.1. The van der Waals surface area contributed by atoms with E-state index in [0.717, 1.165) is 11.0 Å². The summed E-state index contributed by atoms with van der Waals surface area (Å²) in [5.41, 5.74) is 1.91. The molecule has 74 valence electrons. The van der Waals surface area contributed by atoms with Crippen molar-refractivity contribution in [3.8, 4) is 0 Å². The molecule has 2 heterocycles. The van der Waals surface area contributed by atoms with Crippen molar-refractivity contribution in [2.45, 2.75) is 19.9 Å². The highest BCUT2D eigenvalue weighted by Crippen LogP contribution is 2.13. The monoisotopic (exact) mass is 191 g/mol. The van der Waals surface area contributed by atoms with Gasteiger partial charge in [-0.2, -0.15) is 5.10 Å². The minimum absolute atomic E-state index is 0.0282. The zero-order valence-corrected chi connectivity index (χ0v) is 8.56. The van der Waals surface area contributed by atoms with Gasteiger partial charge in [-0.3, -0.25) is 9.48 Å². The van der Waals surface area contributed by atoms with Gasteiger partial charge in [-0.05, 0) is 19.9 Å². The second-order valence-electron chi connectivity index (χ2n) is 3.67. The molecule has 0 saturated carbocycles. The SMILES string of the molecule is CC(C)n1c(=O)ccc2c1cnn2C. The molecule has 0 radical (unpaired) electrons.